The molecule has 0 saturated carbocycles. The summed E-state index contributed by atoms with van der Waals surface area (Å²) in [6, 6.07) is 8.54. The van der Waals surface area contributed by atoms with Gasteiger partial charge in [0.1, 0.15) is 0 Å². The maximum absolute atomic E-state index is 6.24. The average molecular weight is 217 g/mol. The fourth-order valence-electron chi connectivity index (χ4n) is 1.73. The van der Waals surface area contributed by atoms with Gasteiger partial charge in [0.05, 0.1) is 6.04 Å². The third-order valence-electron chi connectivity index (χ3n) is 2.67. The van der Waals surface area contributed by atoms with Gasteiger partial charge in [-0.2, -0.15) is 11.3 Å². The number of aryl methyl sites for hydroxylation is 2. The Morgan fingerprint density at radius 1 is 1.20 bits per heavy atom. The van der Waals surface area contributed by atoms with Crippen LogP contribution >= 0.6 is 11.3 Å². The van der Waals surface area contributed by atoms with Crippen LogP contribution in [0.1, 0.15) is 28.3 Å². The molecule has 2 heteroatoms. The maximum Gasteiger partial charge on any atom is 0.0562 e. The summed E-state index contributed by atoms with van der Waals surface area (Å²) in [6.07, 6.45) is 0. The molecule has 1 aromatic heterocycles. The molecule has 1 heterocycles. The minimum absolute atomic E-state index is 0.0103. The Bertz CT molecular complexity index is 446. The highest BCUT2D eigenvalue weighted by Gasteiger charge is 2.11. The summed E-state index contributed by atoms with van der Waals surface area (Å²) in [5, 5.41) is 4.19. The van der Waals surface area contributed by atoms with Gasteiger partial charge in [-0.25, -0.2) is 0 Å². The third kappa shape index (κ3) is 2.11. The first-order chi connectivity index (χ1) is 7.18. The second-order valence-electron chi connectivity index (χ2n) is 3.89. The molecule has 2 rings (SSSR count). The zero-order valence-corrected chi connectivity index (χ0v) is 9.84. The van der Waals surface area contributed by atoms with Crippen molar-refractivity contribution in [3.05, 3.63) is 57.3 Å². The van der Waals surface area contributed by atoms with Crippen LogP contribution in [0, 0.1) is 13.8 Å². The third-order valence-corrected chi connectivity index (χ3v) is 3.37. The van der Waals surface area contributed by atoms with Gasteiger partial charge in [0.2, 0.25) is 0 Å². The first kappa shape index (κ1) is 10.4. The second-order valence-corrected chi connectivity index (χ2v) is 4.67. The van der Waals surface area contributed by atoms with E-state index in [0.29, 0.717) is 0 Å². The molecule has 2 N–H and O–H groups in total. The minimum atomic E-state index is 0.0103. The standard InChI is InChI=1S/C13H15NS/c1-9-3-4-10(2)12(7-9)13(14)11-5-6-15-8-11/h3-8,13H,14H2,1-2H3/t13-/m1/s1. The molecule has 0 radical (unpaired) electrons. The summed E-state index contributed by atoms with van der Waals surface area (Å²) in [4.78, 5) is 0. The lowest BCUT2D eigenvalue weighted by atomic mass is 9.96. The first-order valence-corrected chi connectivity index (χ1v) is 5.97. The first-order valence-electron chi connectivity index (χ1n) is 5.03. The van der Waals surface area contributed by atoms with E-state index in [1.165, 1.54) is 22.3 Å². The van der Waals surface area contributed by atoms with Gasteiger partial charge in [-0.3, -0.25) is 0 Å². The quantitative estimate of drug-likeness (QED) is 0.819. The van der Waals surface area contributed by atoms with E-state index in [4.69, 9.17) is 5.73 Å². The summed E-state index contributed by atoms with van der Waals surface area (Å²) in [5.41, 5.74) is 11.2. The van der Waals surface area contributed by atoms with Gasteiger partial charge >= 0.3 is 0 Å². The van der Waals surface area contributed by atoms with E-state index in [-0.39, 0.29) is 6.04 Å². The summed E-state index contributed by atoms with van der Waals surface area (Å²) < 4.78 is 0. The Morgan fingerprint density at radius 2 is 2.00 bits per heavy atom. The van der Waals surface area contributed by atoms with Crippen LogP contribution < -0.4 is 5.73 Å². The summed E-state index contributed by atoms with van der Waals surface area (Å²) in [7, 11) is 0. The fourth-order valence-corrected chi connectivity index (χ4v) is 2.42. The predicted molar refractivity (Wildman–Crippen MR) is 66.3 cm³/mol. The van der Waals surface area contributed by atoms with Gasteiger partial charge in [-0.15, -0.1) is 0 Å². The molecule has 0 fully saturated rings. The number of thiophene rings is 1. The van der Waals surface area contributed by atoms with Gasteiger partial charge in [0.15, 0.2) is 0 Å². The van der Waals surface area contributed by atoms with Crippen LogP contribution in [0.25, 0.3) is 0 Å². The van der Waals surface area contributed by atoms with Crippen LogP contribution in [0.3, 0.4) is 0 Å². The van der Waals surface area contributed by atoms with Crippen molar-refractivity contribution in [3.63, 3.8) is 0 Å². The molecule has 0 bridgehead atoms. The molecular formula is C13H15NS. The van der Waals surface area contributed by atoms with Crippen molar-refractivity contribution in [1.29, 1.82) is 0 Å². The van der Waals surface area contributed by atoms with Crippen molar-refractivity contribution >= 4 is 11.3 Å². The predicted octanol–water partition coefficient (Wildman–Crippen LogP) is 3.41. The van der Waals surface area contributed by atoms with Gasteiger partial charge in [0.25, 0.3) is 0 Å². The Balaban J connectivity index is 2.41. The molecule has 0 amide bonds. The largest absolute Gasteiger partial charge is 0.320 e. The summed E-state index contributed by atoms with van der Waals surface area (Å²) >= 11 is 1.69. The molecule has 0 aliphatic heterocycles. The van der Waals surface area contributed by atoms with Gasteiger partial charge in [0, 0.05) is 0 Å². The van der Waals surface area contributed by atoms with Gasteiger partial charge in [-0.1, -0.05) is 23.8 Å². The van der Waals surface area contributed by atoms with E-state index in [0.717, 1.165) is 0 Å². The highest BCUT2D eigenvalue weighted by molar-refractivity contribution is 7.08. The molecule has 0 saturated heterocycles. The molecule has 0 unspecified atom stereocenters. The van der Waals surface area contributed by atoms with Crippen LogP contribution in [0.5, 0.6) is 0 Å². The molecule has 15 heavy (non-hydrogen) atoms. The molecule has 0 spiro atoms. The fraction of sp³-hybridized carbons (Fsp3) is 0.231. The van der Waals surface area contributed by atoms with E-state index >= 15 is 0 Å². The second kappa shape index (κ2) is 4.17. The molecule has 1 aromatic carbocycles. The molecule has 78 valence electrons. The molecule has 1 atom stereocenters. The van der Waals surface area contributed by atoms with Crippen LogP contribution in [-0.2, 0) is 0 Å². The molecule has 0 aliphatic carbocycles. The monoisotopic (exact) mass is 217 g/mol. The zero-order chi connectivity index (χ0) is 10.8. The van der Waals surface area contributed by atoms with Gasteiger partial charge in [-0.05, 0) is 47.4 Å². The number of hydrogen-bond donors (Lipinski definition) is 1. The normalized spacial score (nSPS) is 12.7. The van der Waals surface area contributed by atoms with Crippen molar-refractivity contribution in [1.82, 2.24) is 0 Å². The molecule has 1 nitrogen and oxygen atoms in total. The van der Waals surface area contributed by atoms with E-state index in [9.17, 15) is 0 Å². The van der Waals surface area contributed by atoms with E-state index in [1.54, 1.807) is 11.3 Å². The minimum Gasteiger partial charge on any atom is -0.320 e. The Hall–Kier alpha value is -1.12. The summed E-state index contributed by atoms with van der Waals surface area (Å²) in [5.74, 6) is 0. The van der Waals surface area contributed by atoms with Crippen molar-refractivity contribution in [2.75, 3.05) is 0 Å². The molecule has 2 aromatic rings. The smallest absolute Gasteiger partial charge is 0.0562 e. The lowest BCUT2D eigenvalue weighted by Gasteiger charge is -2.14. The Morgan fingerprint density at radius 3 is 2.67 bits per heavy atom. The number of hydrogen-bond acceptors (Lipinski definition) is 2. The van der Waals surface area contributed by atoms with Crippen molar-refractivity contribution in [2.45, 2.75) is 19.9 Å². The Kier molecular flexibility index (Phi) is 2.89. The van der Waals surface area contributed by atoms with E-state index < -0.39 is 0 Å². The van der Waals surface area contributed by atoms with Gasteiger partial charge < -0.3 is 5.73 Å². The van der Waals surface area contributed by atoms with Crippen LogP contribution in [0.2, 0.25) is 0 Å². The highest BCUT2D eigenvalue weighted by atomic mass is 32.1. The molecular weight excluding hydrogens is 202 g/mol. The molecule has 0 aliphatic rings. The lowest BCUT2D eigenvalue weighted by Crippen LogP contribution is -2.12. The van der Waals surface area contributed by atoms with E-state index in [1.807, 2.05) is 0 Å². The Labute approximate surface area is 94.6 Å². The zero-order valence-electron chi connectivity index (χ0n) is 9.03. The highest BCUT2D eigenvalue weighted by Crippen LogP contribution is 2.25. The summed E-state index contributed by atoms with van der Waals surface area (Å²) in [6.45, 7) is 4.21. The van der Waals surface area contributed by atoms with Crippen LogP contribution in [0.4, 0.5) is 0 Å². The number of rotatable bonds is 2. The van der Waals surface area contributed by atoms with Crippen LogP contribution in [0.15, 0.2) is 35.0 Å². The van der Waals surface area contributed by atoms with Crippen molar-refractivity contribution in [2.24, 2.45) is 5.73 Å². The number of benzene rings is 1. The topological polar surface area (TPSA) is 26.0 Å². The lowest BCUT2D eigenvalue weighted by molar-refractivity contribution is 0.865. The van der Waals surface area contributed by atoms with Crippen LogP contribution in [-0.4, -0.2) is 0 Å². The van der Waals surface area contributed by atoms with Crippen molar-refractivity contribution < 1.29 is 0 Å². The average Bonchev–Trinajstić information content (AvgIpc) is 2.74. The maximum atomic E-state index is 6.24. The van der Waals surface area contributed by atoms with E-state index in [2.05, 4.69) is 48.9 Å². The van der Waals surface area contributed by atoms with Crippen molar-refractivity contribution in [3.8, 4) is 0 Å². The number of nitrogens with two attached hydrogens (primary N) is 1. The SMILES string of the molecule is Cc1ccc(C)c([C@H](N)c2ccsc2)c1.